The van der Waals surface area contributed by atoms with Crippen LogP contribution in [0.1, 0.15) is 38.2 Å². The van der Waals surface area contributed by atoms with E-state index in [1.54, 1.807) is 4.90 Å². The van der Waals surface area contributed by atoms with E-state index in [1.807, 2.05) is 24.3 Å². The van der Waals surface area contributed by atoms with E-state index in [2.05, 4.69) is 12.2 Å². The van der Waals surface area contributed by atoms with Crippen molar-refractivity contribution >= 4 is 17.5 Å². The van der Waals surface area contributed by atoms with Gasteiger partial charge in [-0.2, -0.15) is 0 Å². The number of carbonyl (C=O) groups excluding carboxylic acids is 2. The minimum atomic E-state index is -0.305. The Labute approximate surface area is 143 Å². The summed E-state index contributed by atoms with van der Waals surface area (Å²) >= 11 is 0. The van der Waals surface area contributed by atoms with Gasteiger partial charge < -0.3 is 15.3 Å². The minimum Gasteiger partial charge on any atom is -0.393 e. The monoisotopic (exact) mass is 330 g/mol. The highest BCUT2D eigenvalue weighted by Gasteiger charge is 2.36. The third-order valence-electron chi connectivity index (χ3n) is 5.32. The number of anilines is 1. The third-order valence-corrected chi connectivity index (χ3v) is 5.32. The van der Waals surface area contributed by atoms with Gasteiger partial charge >= 0.3 is 0 Å². The smallest absolute Gasteiger partial charge is 0.227 e. The Bertz CT molecular complexity index is 616. The molecule has 3 rings (SSSR count). The predicted molar refractivity (Wildman–Crippen MR) is 92.6 cm³/mol. The summed E-state index contributed by atoms with van der Waals surface area (Å²) < 4.78 is 0. The summed E-state index contributed by atoms with van der Waals surface area (Å²) in [4.78, 5) is 26.5. The standard InChI is InChI=1S/C19H26N2O3/c1-2-13-6-3-4-8-16(13)21-12-15(10-18(21)23)19(24)20-11-14-7-5-9-17(14)22/h3-4,6,8,14-15,17,22H,2,5,7,9-12H2,1H3,(H,20,24). The molecule has 0 spiro atoms. The molecule has 0 radical (unpaired) electrons. The van der Waals surface area contributed by atoms with Gasteiger partial charge in [-0.05, 0) is 30.9 Å². The molecule has 1 saturated carbocycles. The van der Waals surface area contributed by atoms with Crippen LogP contribution in [0.3, 0.4) is 0 Å². The van der Waals surface area contributed by atoms with Crippen molar-refractivity contribution in [3.05, 3.63) is 29.8 Å². The van der Waals surface area contributed by atoms with Crippen molar-refractivity contribution in [3.8, 4) is 0 Å². The van der Waals surface area contributed by atoms with E-state index in [0.717, 1.165) is 36.9 Å². The normalized spacial score (nSPS) is 26.8. The Hall–Kier alpha value is -1.88. The van der Waals surface area contributed by atoms with E-state index >= 15 is 0 Å². The Morgan fingerprint density at radius 3 is 2.83 bits per heavy atom. The molecule has 1 aliphatic heterocycles. The zero-order valence-corrected chi connectivity index (χ0v) is 14.2. The van der Waals surface area contributed by atoms with Gasteiger partial charge in [0.25, 0.3) is 0 Å². The molecule has 1 aromatic carbocycles. The summed E-state index contributed by atoms with van der Waals surface area (Å²) in [6.45, 7) is 3.02. The summed E-state index contributed by atoms with van der Waals surface area (Å²) in [5, 5.41) is 12.8. The number of hydrogen-bond acceptors (Lipinski definition) is 3. The molecule has 0 aromatic heterocycles. The molecule has 5 heteroatoms. The number of carbonyl (C=O) groups is 2. The van der Waals surface area contributed by atoms with Crippen LogP contribution in [0, 0.1) is 11.8 Å². The molecule has 2 N–H and O–H groups in total. The fraction of sp³-hybridized carbons (Fsp3) is 0.579. The van der Waals surface area contributed by atoms with Crippen molar-refractivity contribution in [1.29, 1.82) is 0 Å². The summed E-state index contributed by atoms with van der Waals surface area (Å²) in [7, 11) is 0. The maximum Gasteiger partial charge on any atom is 0.227 e. The lowest BCUT2D eigenvalue weighted by molar-refractivity contribution is -0.126. The van der Waals surface area contributed by atoms with Crippen molar-refractivity contribution in [1.82, 2.24) is 5.32 Å². The molecule has 5 nitrogen and oxygen atoms in total. The molecule has 2 aliphatic rings. The second kappa shape index (κ2) is 7.34. The molecule has 0 bridgehead atoms. The first kappa shape index (κ1) is 17.0. The van der Waals surface area contributed by atoms with Crippen LogP contribution in [-0.2, 0) is 16.0 Å². The van der Waals surface area contributed by atoms with Crippen LogP contribution in [0.2, 0.25) is 0 Å². The summed E-state index contributed by atoms with van der Waals surface area (Å²) in [5.41, 5.74) is 2.05. The van der Waals surface area contributed by atoms with Crippen LogP contribution < -0.4 is 10.2 Å². The quantitative estimate of drug-likeness (QED) is 0.866. The van der Waals surface area contributed by atoms with Crippen LogP contribution in [0.5, 0.6) is 0 Å². The highest BCUT2D eigenvalue weighted by molar-refractivity contribution is 6.00. The van der Waals surface area contributed by atoms with Crippen LogP contribution in [-0.4, -0.2) is 36.1 Å². The van der Waals surface area contributed by atoms with Gasteiger partial charge in [0.15, 0.2) is 0 Å². The van der Waals surface area contributed by atoms with Crippen molar-refractivity contribution in [2.24, 2.45) is 11.8 Å². The van der Waals surface area contributed by atoms with Gasteiger partial charge in [0, 0.05) is 31.1 Å². The number of hydrogen-bond donors (Lipinski definition) is 2. The number of rotatable bonds is 5. The summed E-state index contributed by atoms with van der Waals surface area (Å²) in [5.74, 6) is -0.209. The topological polar surface area (TPSA) is 69.6 Å². The number of aliphatic hydroxyl groups is 1. The van der Waals surface area contributed by atoms with Crippen molar-refractivity contribution in [3.63, 3.8) is 0 Å². The van der Waals surface area contributed by atoms with E-state index in [-0.39, 0.29) is 36.2 Å². The number of benzene rings is 1. The molecule has 1 aliphatic carbocycles. The van der Waals surface area contributed by atoms with E-state index < -0.39 is 0 Å². The van der Waals surface area contributed by atoms with Crippen LogP contribution in [0.25, 0.3) is 0 Å². The zero-order valence-electron chi connectivity index (χ0n) is 14.2. The first-order valence-corrected chi connectivity index (χ1v) is 8.94. The fourth-order valence-electron chi connectivity index (χ4n) is 3.82. The molecule has 1 aromatic rings. The SMILES string of the molecule is CCc1ccccc1N1CC(C(=O)NCC2CCCC2O)CC1=O. The van der Waals surface area contributed by atoms with Crippen LogP contribution in [0.15, 0.2) is 24.3 Å². The maximum atomic E-state index is 12.4. The van der Waals surface area contributed by atoms with Gasteiger partial charge in [0.05, 0.1) is 12.0 Å². The van der Waals surface area contributed by atoms with Crippen molar-refractivity contribution in [2.45, 2.75) is 45.1 Å². The largest absolute Gasteiger partial charge is 0.393 e. The average molecular weight is 330 g/mol. The van der Waals surface area contributed by atoms with Crippen LogP contribution in [0.4, 0.5) is 5.69 Å². The fourth-order valence-corrected chi connectivity index (χ4v) is 3.82. The molecule has 130 valence electrons. The zero-order chi connectivity index (χ0) is 17.1. The molecule has 2 amide bonds. The van der Waals surface area contributed by atoms with E-state index in [1.165, 1.54) is 0 Å². The first-order chi connectivity index (χ1) is 11.6. The van der Waals surface area contributed by atoms with Crippen LogP contribution >= 0.6 is 0 Å². The maximum absolute atomic E-state index is 12.4. The first-order valence-electron chi connectivity index (χ1n) is 8.94. The van der Waals surface area contributed by atoms with E-state index in [9.17, 15) is 14.7 Å². The molecule has 3 unspecified atom stereocenters. The number of nitrogens with zero attached hydrogens (tertiary/aromatic N) is 1. The summed E-state index contributed by atoms with van der Waals surface area (Å²) in [6, 6.07) is 7.88. The lowest BCUT2D eigenvalue weighted by atomic mass is 10.0. The van der Waals surface area contributed by atoms with Gasteiger partial charge in [0.1, 0.15) is 0 Å². The van der Waals surface area contributed by atoms with Gasteiger partial charge in [-0.3, -0.25) is 9.59 Å². The number of amides is 2. The molecule has 2 fully saturated rings. The third kappa shape index (κ3) is 3.46. The molecule has 24 heavy (non-hydrogen) atoms. The molecular weight excluding hydrogens is 304 g/mol. The number of para-hydroxylation sites is 1. The Morgan fingerprint density at radius 1 is 1.33 bits per heavy atom. The molecular formula is C19H26N2O3. The van der Waals surface area contributed by atoms with Crippen molar-refractivity contribution < 1.29 is 14.7 Å². The molecule has 1 heterocycles. The summed E-state index contributed by atoms with van der Waals surface area (Å²) in [6.07, 6.45) is 3.62. The van der Waals surface area contributed by atoms with Gasteiger partial charge in [-0.1, -0.05) is 31.5 Å². The Kier molecular flexibility index (Phi) is 5.19. The Balaban J connectivity index is 1.60. The highest BCUT2D eigenvalue weighted by Crippen LogP contribution is 2.29. The second-order valence-corrected chi connectivity index (χ2v) is 6.89. The predicted octanol–water partition coefficient (Wildman–Crippen LogP) is 1.88. The number of aliphatic hydroxyl groups excluding tert-OH is 1. The van der Waals surface area contributed by atoms with Gasteiger partial charge in [0.2, 0.25) is 11.8 Å². The Morgan fingerprint density at radius 2 is 2.12 bits per heavy atom. The van der Waals surface area contributed by atoms with E-state index in [0.29, 0.717) is 13.1 Å². The number of nitrogens with one attached hydrogen (secondary N) is 1. The second-order valence-electron chi connectivity index (χ2n) is 6.89. The highest BCUT2D eigenvalue weighted by atomic mass is 16.3. The van der Waals surface area contributed by atoms with Gasteiger partial charge in [-0.15, -0.1) is 0 Å². The molecule has 3 atom stereocenters. The minimum absolute atomic E-state index is 0.0111. The lowest BCUT2D eigenvalue weighted by Crippen LogP contribution is -2.37. The lowest BCUT2D eigenvalue weighted by Gasteiger charge is -2.20. The van der Waals surface area contributed by atoms with Crippen molar-refractivity contribution in [2.75, 3.05) is 18.0 Å². The van der Waals surface area contributed by atoms with E-state index in [4.69, 9.17) is 0 Å². The average Bonchev–Trinajstić information content (AvgIpc) is 3.18. The molecule has 1 saturated heterocycles. The number of aryl methyl sites for hydroxylation is 1. The van der Waals surface area contributed by atoms with Gasteiger partial charge in [-0.25, -0.2) is 0 Å².